The predicted molar refractivity (Wildman–Crippen MR) is 165 cm³/mol. The first kappa shape index (κ1) is 38.4. The van der Waals surface area contributed by atoms with E-state index >= 15 is 0 Å². The van der Waals surface area contributed by atoms with Crippen molar-refractivity contribution < 1.29 is 62.8 Å². The van der Waals surface area contributed by atoms with Crippen molar-refractivity contribution in [3.05, 3.63) is 56.2 Å². The molecule has 0 spiro atoms. The summed E-state index contributed by atoms with van der Waals surface area (Å²) in [6.07, 6.45) is 0.122. The summed E-state index contributed by atoms with van der Waals surface area (Å²) in [4.78, 5) is 47.6. The smallest absolute Gasteiger partial charge is 0.870 e. The molecule has 0 aliphatic heterocycles. The Kier molecular flexibility index (Phi) is 15.2. The predicted octanol–water partition coefficient (Wildman–Crippen LogP) is 4.63. The number of ether oxygens (including phenoxy) is 3. The van der Waals surface area contributed by atoms with E-state index in [-0.39, 0.29) is 54.7 Å². The van der Waals surface area contributed by atoms with Crippen molar-refractivity contribution in [1.82, 2.24) is 0 Å². The molecule has 0 saturated carbocycles. The summed E-state index contributed by atoms with van der Waals surface area (Å²) in [5.41, 5.74) is 0. The summed E-state index contributed by atoms with van der Waals surface area (Å²) < 4.78 is 16.7. The van der Waals surface area contributed by atoms with Gasteiger partial charge >= 0.3 is 30.8 Å². The largest absolute Gasteiger partial charge is 1.00 e. The van der Waals surface area contributed by atoms with Crippen LogP contribution in [0.1, 0.15) is 46.0 Å². The van der Waals surface area contributed by atoms with Crippen molar-refractivity contribution in [1.29, 1.82) is 0 Å². The molecule has 226 valence electrons. The van der Waals surface area contributed by atoms with Gasteiger partial charge in [-0.2, -0.15) is 0 Å². The van der Waals surface area contributed by atoms with Crippen LogP contribution in [0.4, 0.5) is 0 Å². The summed E-state index contributed by atoms with van der Waals surface area (Å²) >= 11 is 14.8. The molecular formula is C29H29Cl2LiO9S2. The topological polar surface area (TPSA) is 146 Å². The van der Waals surface area contributed by atoms with E-state index in [2.05, 4.69) is 4.74 Å². The van der Waals surface area contributed by atoms with Crippen LogP contribution in [0.3, 0.4) is 0 Å². The molecular weight excluding hydrogens is 634 g/mol. The third-order valence-corrected chi connectivity index (χ3v) is 9.01. The van der Waals surface area contributed by atoms with Crippen molar-refractivity contribution in [2.75, 3.05) is 21.3 Å². The number of methoxy groups -OCH3 is 3. The SMILES string of the molecule is COC(=O)[C@@H](C)CC(=O)c1cc2cc(Cl)c(OC)cc2s1.COc1cc2sc(C(=O)C[C@H](C)C(=O)O)cc2cc1Cl.[Li+].[OH-]. The fourth-order valence-corrected chi connectivity index (χ4v) is 6.34. The van der Waals surface area contributed by atoms with Crippen molar-refractivity contribution in [2.45, 2.75) is 26.7 Å². The quantitative estimate of drug-likeness (QED) is 0.146. The number of carbonyl (C=O) groups excluding carboxylic acids is 3. The van der Waals surface area contributed by atoms with Gasteiger partial charge in [0.25, 0.3) is 0 Å². The number of ketones is 2. The van der Waals surface area contributed by atoms with Crippen LogP contribution in [-0.2, 0) is 14.3 Å². The maximum Gasteiger partial charge on any atom is 1.00 e. The molecule has 0 fully saturated rings. The van der Waals surface area contributed by atoms with Gasteiger partial charge in [0.2, 0.25) is 0 Å². The minimum Gasteiger partial charge on any atom is -0.870 e. The Morgan fingerprint density at radius 3 is 1.49 bits per heavy atom. The Morgan fingerprint density at radius 1 is 0.744 bits per heavy atom. The number of hydrogen-bond acceptors (Lipinski definition) is 10. The van der Waals surface area contributed by atoms with Gasteiger partial charge in [0.15, 0.2) is 11.6 Å². The van der Waals surface area contributed by atoms with E-state index < -0.39 is 17.8 Å². The third-order valence-electron chi connectivity index (χ3n) is 6.14. The molecule has 2 aromatic carbocycles. The molecule has 9 nitrogen and oxygen atoms in total. The second-order valence-electron chi connectivity index (χ2n) is 9.19. The van der Waals surface area contributed by atoms with Gasteiger partial charge < -0.3 is 24.8 Å². The monoisotopic (exact) mass is 662 g/mol. The zero-order chi connectivity index (χ0) is 30.4. The van der Waals surface area contributed by atoms with E-state index in [0.29, 0.717) is 31.3 Å². The first-order valence-corrected chi connectivity index (χ1v) is 14.7. The van der Waals surface area contributed by atoms with E-state index in [9.17, 15) is 19.2 Å². The number of benzene rings is 2. The standard InChI is InChI=1S/C15H15ClO4S.C14H13ClO4S.Li.H2O/c1-8(15(18)20-3)4-11(17)14-6-9-5-10(16)12(19-2)7-13(9)21-14;1-7(14(17)18)3-10(16)13-5-8-4-9(15)11(19-2)6-12(8)20-13;;/h5-8H,4H2,1-3H3;4-7H,3H2,1-2H3,(H,17,18);;1H2/q;;+1;/p-1/t8-;7-;;/m00../s1. The Hall–Kier alpha value is -2.62. The van der Waals surface area contributed by atoms with Crippen LogP contribution < -0.4 is 28.3 Å². The number of Topliss-reactive ketones (excluding diaryl/α,β-unsaturated/α-hetero) is 2. The van der Waals surface area contributed by atoms with Crippen molar-refractivity contribution in [3.63, 3.8) is 0 Å². The summed E-state index contributed by atoms with van der Waals surface area (Å²) in [6, 6.07) is 10.6. The van der Waals surface area contributed by atoms with Crippen LogP contribution in [0.5, 0.6) is 11.5 Å². The number of carboxylic acids is 1. The molecule has 0 bridgehead atoms. The molecule has 2 heterocycles. The Balaban J connectivity index is 0.000000411. The second-order valence-corrected chi connectivity index (χ2v) is 12.2. The summed E-state index contributed by atoms with van der Waals surface area (Å²) in [5, 5.41) is 11.6. The Labute approximate surface area is 278 Å². The number of carbonyl (C=O) groups is 4. The fraction of sp³-hybridized carbons (Fsp3) is 0.310. The van der Waals surface area contributed by atoms with E-state index in [1.807, 2.05) is 6.07 Å². The van der Waals surface area contributed by atoms with Gasteiger partial charge in [0, 0.05) is 22.2 Å². The maximum atomic E-state index is 12.2. The van der Waals surface area contributed by atoms with Crippen LogP contribution in [0.25, 0.3) is 20.2 Å². The number of halogens is 2. The van der Waals surface area contributed by atoms with Crippen LogP contribution in [0.15, 0.2) is 36.4 Å². The van der Waals surface area contributed by atoms with Gasteiger partial charge in [-0.05, 0) is 47.2 Å². The molecule has 4 rings (SSSR count). The first-order valence-electron chi connectivity index (χ1n) is 12.3. The zero-order valence-electron chi connectivity index (χ0n) is 24.4. The zero-order valence-corrected chi connectivity index (χ0v) is 27.5. The molecule has 14 heteroatoms. The number of rotatable bonds is 10. The Morgan fingerprint density at radius 2 is 1.14 bits per heavy atom. The van der Waals surface area contributed by atoms with Crippen molar-refractivity contribution in [3.8, 4) is 11.5 Å². The number of thiophene rings is 2. The summed E-state index contributed by atoms with van der Waals surface area (Å²) in [6.45, 7) is 3.20. The molecule has 0 radical (unpaired) electrons. The van der Waals surface area contributed by atoms with Crippen LogP contribution in [0.2, 0.25) is 10.0 Å². The first-order chi connectivity index (χ1) is 19.4. The Bertz CT molecular complexity index is 1620. The van der Waals surface area contributed by atoms with Crippen molar-refractivity contribution in [2.24, 2.45) is 11.8 Å². The van der Waals surface area contributed by atoms with Gasteiger partial charge in [0.1, 0.15) is 11.5 Å². The fourth-order valence-electron chi connectivity index (χ4n) is 3.80. The van der Waals surface area contributed by atoms with Gasteiger partial charge in [-0.25, -0.2) is 0 Å². The van der Waals surface area contributed by atoms with Gasteiger partial charge in [0.05, 0.1) is 53.0 Å². The summed E-state index contributed by atoms with van der Waals surface area (Å²) in [5.74, 6) is -1.61. The van der Waals surface area contributed by atoms with Gasteiger partial charge in [-0.15, -0.1) is 22.7 Å². The normalized spacial score (nSPS) is 11.7. The molecule has 2 aromatic heterocycles. The second kappa shape index (κ2) is 17.0. The van der Waals surface area contributed by atoms with Crippen LogP contribution in [-0.4, -0.2) is 55.4 Å². The minimum absolute atomic E-state index is 0. The molecule has 0 aliphatic rings. The summed E-state index contributed by atoms with van der Waals surface area (Å²) in [7, 11) is 4.39. The number of esters is 1. The molecule has 0 amide bonds. The molecule has 2 atom stereocenters. The molecule has 4 aromatic rings. The van der Waals surface area contributed by atoms with Crippen LogP contribution in [0, 0.1) is 11.8 Å². The van der Waals surface area contributed by atoms with Gasteiger partial charge in [-0.1, -0.05) is 37.0 Å². The third kappa shape index (κ3) is 9.68. The molecule has 2 N–H and O–H groups in total. The average Bonchev–Trinajstić information content (AvgIpc) is 3.55. The number of carboxylic acid groups (broad SMARTS) is 1. The number of aliphatic carboxylic acids is 1. The number of hydrogen-bond donors (Lipinski definition) is 1. The molecule has 0 unspecified atom stereocenters. The molecule has 0 saturated heterocycles. The van der Waals surface area contributed by atoms with E-state index in [0.717, 1.165) is 20.2 Å². The van der Waals surface area contributed by atoms with E-state index in [4.69, 9.17) is 37.8 Å². The van der Waals surface area contributed by atoms with E-state index in [1.165, 1.54) is 43.8 Å². The van der Waals surface area contributed by atoms with E-state index in [1.54, 1.807) is 44.4 Å². The minimum atomic E-state index is -0.968. The molecule has 43 heavy (non-hydrogen) atoms. The maximum absolute atomic E-state index is 12.2. The van der Waals surface area contributed by atoms with Crippen LogP contribution >= 0.6 is 45.9 Å². The van der Waals surface area contributed by atoms with Gasteiger partial charge in [-0.3, -0.25) is 19.2 Å². The molecule has 0 aliphatic carbocycles. The average molecular weight is 664 g/mol. The number of fused-ring (bicyclic) bond motifs is 2. The van der Waals surface area contributed by atoms with Crippen molar-refractivity contribution >= 4 is 89.6 Å².